The summed E-state index contributed by atoms with van der Waals surface area (Å²) in [5, 5.41) is 21.7. The fraction of sp³-hybridized carbons (Fsp3) is 0.467. The van der Waals surface area contributed by atoms with Crippen molar-refractivity contribution in [2.45, 2.75) is 32.0 Å². The molecule has 1 heterocycles. The van der Waals surface area contributed by atoms with E-state index < -0.39 is 6.10 Å². The van der Waals surface area contributed by atoms with Gasteiger partial charge in [-0.2, -0.15) is 0 Å². The van der Waals surface area contributed by atoms with Gasteiger partial charge in [-0.25, -0.2) is 4.68 Å². The second-order valence-corrected chi connectivity index (χ2v) is 5.43. The third-order valence-electron chi connectivity index (χ3n) is 3.57. The van der Waals surface area contributed by atoms with Gasteiger partial charge in [0.25, 0.3) is 0 Å². The summed E-state index contributed by atoms with van der Waals surface area (Å²) in [5.74, 6) is 0.866. The van der Waals surface area contributed by atoms with E-state index in [1.54, 1.807) is 4.68 Å². The highest BCUT2D eigenvalue weighted by atomic mass is 16.3. The Bertz CT molecular complexity index is 536. The van der Waals surface area contributed by atoms with Crippen LogP contribution in [0, 0.1) is 5.92 Å². The summed E-state index contributed by atoms with van der Waals surface area (Å²) in [4.78, 5) is 0. The molecule has 1 atom stereocenters. The van der Waals surface area contributed by atoms with Crippen LogP contribution in [0.4, 0.5) is 0 Å². The van der Waals surface area contributed by atoms with Crippen molar-refractivity contribution in [2.75, 3.05) is 6.54 Å². The lowest BCUT2D eigenvalue weighted by Crippen LogP contribution is -2.16. The van der Waals surface area contributed by atoms with E-state index in [-0.39, 0.29) is 0 Å². The molecule has 1 aliphatic carbocycles. The zero-order valence-electron chi connectivity index (χ0n) is 11.4. The lowest BCUT2D eigenvalue weighted by atomic mass is 10.1. The van der Waals surface area contributed by atoms with E-state index in [0.717, 1.165) is 30.3 Å². The minimum Gasteiger partial charge on any atom is -0.386 e. The number of aromatic nitrogens is 3. The van der Waals surface area contributed by atoms with Crippen molar-refractivity contribution >= 4 is 0 Å². The van der Waals surface area contributed by atoms with E-state index in [0.29, 0.717) is 6.54 Å². The Balaban J connectivity index is 1.51. The van der Waals surface area contributed by atoms with E-state index >= 15 is 0 Å². The molecule has 1 unspecified atom stereocenters. The average molecular weight is 272 g/mol. The van der Waals surface area contributed by atoms with Crippen LogP contribution >= 0.6 is 0 Å². The minimum atomic E-state index is -0.551. The first-order chi connectivity index (χ1) is 9.81. The molecule has 3 rings (SSSR count). The van der Waals surface area contributed by atoms with E-state index in [2.05, 4.69) is 15.6 Å². The molecule has 0 radical (unpaired) electrons. The van der Waals surface area contributed by atoms with E-state index in [1.165, 1.54) is 12.8 Å². The molecule has 2 aromatic rings. The molecule has 20 heavy (non-hydrogen) atoms. The molecule has 1 fully saturated rings. The molecular formula is C15H20N4O. The monoisotopic (exact) mass is 272 g/mol. The molecule has 1 saturated carbocycles. The summed E-state index contributed by atoms with van der Waals surface area (Å²) in [6.45, 7) is 2.25. The van der Waals surface area contributed by atoms with Crippen molar-refractivity contribution in [3.63, 3.8) is 0 Å². The van der Waals surface area contributed by atoms with Gasteiger partial charge in [0.15, 0.2) is 0 Å². The van der Waals surface area contributed by atoms with Gasteiger partial charge in [0.1, 0.15) is 0 Å². The van der Waals surface area contributed by atoms with Crippen molar-refractivity contribution in [2.24, 2.45) is 5.92 Å². The number of hydrogen-bond donors (Lipinski definition) is 2. The Morgan fingerprint density at radius 3 is 2.85 bits per heavy atom. The summed E-state index contributed by atoms with van der Waals surface area (Å²) in [5.41, 5.74) is 1.82. The van der Waals surface area contributed by atoms with E-state index in [4.69, 9.17) is 0 Å². The quantitative estimate of drug-likeness (QED) is 0.802. The highest BCUT2D eigenvalue weighted by Crippen LogP contribution is 2.27. The molecule has 5 heteroatoms. The summed E-state index contributed by atoms with van der Waals surface area (Å²) < 4.78 is 1.70. The molecule has 0 aliphatic heterocycles. The fourth-order valence-corrected chi connectivity index (χ4v) is 2.19. The maximum absolute atomic E-state index is 10.1. The van der Waals surface area contributed by atoms with Crippen molar-refractivity contribution < 1.29 is 5.11 Å². The summed E-state index contributed by atoms with van der Waals surface area (Å²) in [6, 6.07) is 9.62. The first-order valence-corrected chi connectivity index (χ1v) is 7.14. The molecule has 0 spiro atoms. The summed E-state index contributed by atoms with van der Waals surface area (Å²) >= 11 is 0. The van der Waals surface area contributed by atoms with Gasteiger partial charge in [0.2, 0.25) is 0 Å². The third-order valence-corrected chi connectivity index (χ3v) is 3.57. The lowest BCUT2D eigenvalue weighted by molar-refractivity contribution is 0.150. The highest BCUT2D eigenvalue weighted by molar-refractivity contribution is 5.17. The van der Waals surface area contributed by atoms with Crippen LogP contribution in [-0.2, 0) is 13.1 Å². The maximum atomic E-state index is 10.1. The fourth-order valence-electron chi connectivity index (χ4n) is 2.19. The predicted molar refractivity (Wildman–Crippen MR) is 75.9 cm³/mol. The number of aliphatic hydroxyl groups is 1. The van der Waals surface area contributed by atoms with Crippen LogP contribution in [0.15, 0.2) is 36.5 Å². The van der Waals surface area contributed by atoms with Crippen LogP contribution in [0.2, 0.25) is 0 Å². The molecule has 0 saturated heterocycles. The van der Waals surface area contributed by atoms with Gasteiger partial charge in [0.05, 0.1) is 18.3 Å². The topological polar surface area (TPSA) is 63.0 Å². The molecule has 1 aromatic carbocycles. The highest BCUT2D eigenvalue weighted by Gasteiger charge is 2.20. The molecule has 2 N–H and O–H groups in total. The number of nitrogens with zero attached hydrogens (tertiary/aromatic N) is 3. The van der Waals surface area contributed by atoms with Gasteiger partial charge in [-0.05, 0) is 30.9 Å². The van der Waals surface area contributed by atoms with E-state index in [9.17, 15) is 5.11 Å². The third kappa shape index (κ3) is 3.65. The van der Waals surface area contributed by atoms with Gasteiger partial charge in [-0.15, -0.1) is 5.10 Å². The Labute approximate surface area is 118 Å². The Morgan fingerprint density at radius 1 is 1.30 bits per heavy atom. The largest absolute Gasteiger partial charge is 0.386 e. The van der Waals surface area contributed by atoms with Crippen LogP contribution in [0.25, 0.3) is 0 Å². The number of hydrogen-bond acceptors (Lipinski definition) is 4. The molecule has 0 amide bonds. The van der Waals surface area contributed by atoms with Gasteiger partial charge in [0, 0.05) is 12.7 Å². The van der Waals surface area contributed by atoms with Gasteiger partial charge < -0.3 is 10.4 Å². The van der Waals surface area contributed by atoms with Crippen molar-refractivity contribution in [1.29, 1.82) is 0 Å². The molecule has 106 valence electrons. The lowest BCUT2D eigenvalue weighted by Gasteiger charge is -2.09. The summed E-state index contributed by atoms with van der Waals surface area (Å²) in [7, 11) is 0. The zero-order chi connectivity index (χ0) is 13.8. The second-order valence-electron chi connectivity index (χ2n) is 5.43. The SMILES string of the molecule is OC(Cn1cc(CNCC2CC2)nn1)c1ccccc1. The Morgan fingerprint density at radius 2 is 2.10 bits per heavy atom. The number of rotatable bonds is 7. The van der Waals surface area contributed by atoms with Gasteiger partial charge in [-0.1, -0.05) is 35.5 Å². The minimum absolute atomic E-state index is 0.430. The van der Waals surface area contributed by atoms with Crippen molar-refractivity contribution in [3.8, 4) is 0 Å². The Kier molecular flexibility index (Phi) is 4.08. The van der Waals surface area contributed by atoms with Crippen LogP contribution < -0.4 is 5.32 Å². The summed E-state index contributed by atoms with van der Waals surface area (Å²) in [6.07, 6.45) is 4.04. The van der Waals surface area contributed by atoms with Crippen LogP contribution in [0.3, 0.4) is 0 Å². The standard InChI is InChI=1S/C15H20N4O/c20-15(13-4-2-1-3-5-13)11-19-10-14(17-18-19)9-16-8-12-6-7-12/h1-5,10,12,15-16,20H,6-9,11H2. The second kappa shape index (κ2) is 6.15. The molecule has 0 bridgehead atoms. The molecule has 1 aliphatic rings. The normalized spacial score (nSPS) is 16.2. The maximum Gasteiger partial charge on any atom is 0.0986 e. The first-order valence-electron chi connectivity index (χ1n) is 7.14. The van der Waals surface area contributed by atoms with Crippen LogP contribution in [0.1, 0.15) is 30.2 Å². The smallest absolute Gasteiger partial charge is 0.0986 e. The molecule has 5 nitrogen and oxygen atoms in total. The Hall–Kier alpha value is -1.72. The van der Waals surface area contributed by atoms with Gasteiger partial charge >= 0.3 is 0 Å². The van der Waals surface area contributed by atoms with E-state index in [1.807, 2.05) is 36.5 Å². The van der Waals surface area contributed by atoms with Crippen molar-refractivity contribution in [1.82, 2.24) is 20.3 Å². The zero-order valence-corrected chi connectivity index (χ0v) is 11.4. The average Bonchev–Trinajstić information content (AvgIpc) is 3.19. The number of benzene rings is 1. The van der Waals surface area contributed by atoms with Crippen LogP contribution in [0.5, 0.6) is 0 Å². The number of nitrogens with one attached hydrogen (secondary N) is 1. The molecular weight excluding hydrogens is 252 g/mol. The number of aliphatic hydroxyl groups excluding tert-OH is 1. The predicted octanol–water partition coefficient (Wildman–Crippen LogP) is 1.51. The van der Waals surface area contributed by atoms with Crippen LogP contribution in [-0.4, -0.2) is 26.6 Å². The first kappa shape index (κ1) is 13.3. The van der Waals surface area contributed by atoms with Crippen molar-refractivity contribution in [3.05, 3.63) is 47.8 Å². The molecule has 1 aromatic heterocycles. The van der Waals surface area contributed by atoms with Gasteiger partial charge in [-0.3, -0.25) is 0 Å².